The number of aromatic nitrogens is 1. The molecular weight excluding hydrogens is 234 g/mol. The van der Waals surface area contributed by atoms with E-state index in [9.17, 15) is 4.79 Å². The van der Waals surface area contributed by atoms with Crippen LogP contribution in [0.2, 0.25) is 0 Å². The lowest BCUT2D eigenvalue weighted by Gasteiger charge is -2.06. The van der Waals surface area contributed by atoms with E-state index >= 15 is 0 Å². The van der Waals surface area contributed by atoms with Crippen LogP contribution in [0.3, 0.4) is 0 Å². The summed E-state index contributed by atoms with van der Waals surface area (Å²) >= 11 is 1.53. The van der Waals surface area contributed by atoms with E-state index in [1.807, 2.05) is 35.7 Å². The fourth-order valence-electron chi connectivity index (χ4n) is 1.34. The summed E-state index contributed by atoms with van der Waals surface area (Å²) in [5, 5.41) is 8.33. The fraction of sp³-hybridized carbons (Fsp3) is 0.167. The van der Waals surface area contributed by atoms with Crippen molar-refractivity contribution in [2.45, 2.75) is 13.1 Å². The summed E-state index contributed by atoms with van der Waals surface area (Å²) in [4.78, 5) is 15.5. The highest BCUT2D eigenvalue weighted by molar-refractivity contribution is 7.09. The van der Waals surface area contributed by atoms with E-state index < -0.39 is 0 Å². The van der Waals surface area contributed by atoms with Crippen LogP contribution in [0.15, 0.2) is 41.9 Å². The van der Waals surface area contributed by atoms with E-state index in [0.29, 0.717) is 13.1 Å². The highest BCUT2D eigenvalue weighted by Gasteiger charge is 2.01. The zero-order valence-electron chi connectivity index (χ0n) is 9.22. The number of carbonyl (C=O) groups excluding carboxylic acids is 1. The monoisotopic (exact) mass is 247 g/mol. The maximum Gasteiger partial charge on any atom is 0.315 e. The quantitative estimate of drug-likeness (QED) is 0.869. The Kier molecular flexibility index (Phi) is 4.10. The van der Waals surface area contributed by atoms with Crippen molar-refractivity contribution in [2.75, 3.05) is 0 Å². The number of nitrogens with one attached hydrogen (secondary N) is 2. The number of hydrogen-bond donors (Lipinski definition) is 2. The first kappa shape index (κ1) is 11.6. The van der Waals surface area contributed by atoms with Crippen molar-refractivity contribution in [1.82, 2.24) is 15.6 Å². The predicted molar refractivity (Wildman–Crippen MR) is 67.6 cm³/mol. The lowest BCUT2D eigenvalue weighted by molar-refractivity contribution is 0.240. The number of benzene rings is 1. The van der Waals surface area contributed by atoms with Gasteiger partial charge in [0.25, 0.3) is 0 Å². The Morgan fingerprint density at radius 2 is 1.94 bits per heavy atom. The maximum absolute atomic E-state index is 11.5. The summed E-state index contributed by atoms with van der Waals surface area (Å²) in [6.45, 7) is 1.00. The number of carbonyl (C=O) groups is 1. The van der Waals surface area contributed by atoms with Gasteiger partial charge in [-0.3, -0.25) is 0 Å². The van der Waals surface area contributed by atoms with Gasteiger partial charge in [0.05, 0.1) is 6.54 Å². The molecule has 0 bridgehead atoms. The van der Waals surface area contributed by atoms with Gasteiger partial charge < -0.3 is 10.6 Å². The standard InChI is InChI=1S/C12H13N3OS/c16-12(15-9-11-13-6-7-17-11)14-8-10-4-2-1-3-5-10/h1-7H,8-9H2,(H2,14,15,16). The smallest absolute Gasteiger partial charge is 0.315 e. The SMILES string of the molecule is O=C(NCc1ccccc1)NCc1nccs1. The van der Waals surface area contributed by atoms with Gasteiger partial charge in [0.15, 0.2) is 0 Å². The number of amides is 2. The minimum absolute atomic E-state index is 0.177. The van der Waals surface area contributed by atoms with Crippen LogP contribution in [0.4, 0.5) is 4.79 Å². The second kappa shape index (κ2) is 6.00. The molecule has 1 aromatic heterocycles. The van der Waals surface area contributed by atoms with Crippen LogP contribution in [0.5, 0.6) is 0 Å². The Balaban J connectivity index is 1.71. The molecule has 88 valence electrons. The van der Waals surface area contributed by atoms with Crippen LogP contribution >= 0.6 is 11.3 Å². The number of rotatable bonds is 4. The molecule has 0 saturated carbocycles. The Morgan fingerprint density at radius 3 is 2.65 bits per heavy atom. The Hall–Kier alpha value is -1.88. The van der Waals surface area contributed by atoms with Gasteiger partial charge in [-0.05, 0) is 5.56 Å². The van der Waals surface area contributed by atoms with Crippen molar-refractivity contribution in [2.24, 2.45) is 0 Å². The Labute approximate surface area is 104 Å². The second-order valence-electron chi connectivity index (χ2n) is 3.45. The van der Waals surface area contributed by atoms with E-state index in [4.69, 9.17) is 0 Å². The minimum atomic E-state index is -0.177. The molecule has 0 radical (unpaired) electrons. The van der Waals surface area contributed by atoms with E-state index in [0.717, 1.165) is 10.6 Å². The number of nitrogens with zero attached hydrogens (tertiary/aromatic N) is 1. The zero-order chi connectivity index (χ0) is 11.9. The van der Waals surface area contributed by atoms with Crippen LogP contribution in [0.1, 0.15) is 10.6 Å². The molecule has 1 heterocycles. The van der Waals surface area contributed by atoms with Gasteiger partial charge in [-0.15, -0.1) is 11.3 Å². The normalized spacial score (nSPS) is 9.88. The Bertz CT molecular complexity index is 456. The van der Waals surface area contributed by atoms with Gasteiger partial charge in [0, 0.05) is 18.1 Å². The average Bonchev–Trinajstić information content (AvgIpc) is 2.88. The summed E-state index contributed by atoms with van der Waals surface area (Å²) in [6, 6.07) is 9.62. The average molecular weight is 247 g/mol. The number of thiazole rings is 1. The lowest BCUT2D eigenvalue weighted by Crippen LogP contribution is -2.34. The third-order valence-electron chi connectivity index (χ3n) is 2.18. The number of urea groups is 1. The molecule has 0 unspecified atom stereocenters. The molecule has 0 saturated heterocycles. The molecule has 4 nitrogen and oxygen atoms in total. The molecule has 2 N–H and O–H groups in total. The van der Waals surface area contributed by atoms with Crippen LogP contribution in [-0.2, 0) is 13.1 Å². The predicted octanol–water partition coefficient (Wildman–Crippen LogP) is 2.14. The molecule has 0 aliphatic rings. The maximum atomic E-state index is 11.5. The summed E-state index contributed by atoms with van der Waals surface area (Å²) < 4.78 is 0. The van der Waals surface area contributed by atoms with E-state index in [2.05, 4.69) is 15.6 Å². The molecule has 0 spiro atoms. The highest BCUT2D eigenvalue weighted by Crippen LogP contribution is 2.02. The van der Waals surface area contributed by atoms with E-state index in [1.54, 1.807) is 6.20 Å². The summed E-state index contributed by atoms with van der Waals surface area (Å²) in [6.07, 6.45) is 1.73. The van der Waals surface area contributed by atoms with Gasteiger partial charge in [-0.2, -0.15) is 0 Å². The van der Waals surface area contributed by atoms with Crippen molar-refractivity contribution < 1.29 is 4.79 Å². The van der Waals surface area contributed by atoms with Gasteiger partial charge in [0.1, 0.15) is 5.01 Å². The topological polar surface area (TPSA) is 54.0 Å². The van der Waals surface area contributed by atoms with Crippen LogP contribution in [0, 0.1) is 0 Å². The van der Waals surface area contributed by atoms with Gasteiger partial charge in [-0.1, -0.05) is 30.3 Å². The molecule has 1 aromatic carbocycles. The summed E-state index contributed by atoms with van der Waals surface area (Å²) in [5.41, 5.74) is 1.08. The molecular formula is C12H13N3OS. The van der Waals surface area contributed by atoms with Crippen molar-refractivity contribution in [1.29, 1.82) is 0 Å². The molecule has 0 aliphatic carbocycles. The first-order valence-electron chi connectivity index (χ1n) is 5.28. The highest BCUT2D eigenvalue weighted by atomic mass is 32.1. The van der Waals surface area contributed by atoms with Crippen molar-refractivity contribution >= 4 is 17.4 Å². The largest absolute Gasteiger partial charge is 0.334 e. The molecule has 5 heteroatoms. The minimum Gasteiger partial charge on any atom is -0.334 e. The fourth-order valence-corrected chi connectivity index (χ4v) is 1.89. The van der Waals surface area contributed by atoms with E-state index in [1.165, 1.54) is 11.3 Å². The van der Waals surface area contributed by atoms with Crippen LogP contribution in [0.25, 0.3) is 0 Å². The van der Waals surface area contributed by atoms with Crippen LogP contribution < -0.4 is 10.6 Å². The lowest BCUT2D eigenvalue weighted by atomic mass is 10.2. The number of hydrogen-bond acceptors (Lipinski definition) is 3. The first-order chi connectivity index (χ1) is 8.34. The third-order valence-corrected chi connectivity index (χ3v) is 2.96. The molecule has 2 amide bonds. The second-order valence-corrected chi connectivity index (χ2v) is 4.43. The molecule has 2 aromatic rings. The van der Waals surface area contributed by atoms with Crippen molar-refractivity contribution in [3.63, 3.8) is 0 Å². The van der Waals surface area contributed by atoms with Crippen molar-refractivity contribution in [3.05, 3.63) is 52.5 Å². The summed E-state index contributed by atoms with van der Waals surface area (Å²) in [5.74, 6) is 0. The molecule has 0 fully saturated rings. The summed E-state index contributed by atoms with van der Waals surface area (Å²) in [7, 11) is 0. The van der Waals surface area contributed by atoms with Gasteiger partial charge in [-0.25, -0.2) is 9.78 Å². The van der Waals surface area contributed by atoms with Crippen LogP contribution in [-0.4, -0.2) is 11.0 Å². The zero-order valence-corrected chi connectivity index (χ0v) is 10.0. The van der Waals surface area contributed by atoms with E-state index in [-0.39, 0.29) is 6.03 Å². The molecule has 17 heavy (non-hydrogen) atoms. The third kappa shape index (κ3) is 3.88. The van der Waals surface area contributed by atoms with Gasteiger partial charge in [0.2, 0.25) is 0 Å². The van der Waals surface area contributed by atoms with Gasteiger partial charge >= 0.3 is 6.03 Å². The first-order valence-corrected chi connectivity index (χ1v) is 6.16. The molecule has 0 atom stereocenters. The molecule has 2 rings (SSSR count). The Morgan fingerprint density at radius 1 is 1.18 bits per heavy atom. The molecule has 0 aliphatic heterocycles. The van der Waals surface area contributed by atoms with Crippen molar-refractivity contribution in [3.8, 4) is 0 Å².